The molecule has 0 fully saturated rings. The lowest BCUT2D eigenvalue weighted by molar-refractivity contribution is 1.32. The molecule has 0 bridgehead atoms. The van der Waals surface area contributed by atoms with E-state index in [0.717, 1.165) is 26.9 Å². The smallest absolute Gasteiger partial charge is 0.112 e. The van der Waals surface area contributed by atoms with Gasteiger partial charge >= 0.3 is 0 Å². The van der Waals surface area contributed by atoms with Crippen LogP contribution in [0.5, 0.6) is 0 Å². The van der Waals surface area contributed by atoms with Gasteiger partial charge in [0.15, 0.2) is 0 Å². The lowest BCUT2D eigenvalue weighted by Gasteiger charge is -2.08. The van der Waals surface area contributed by atoms with E-state index in [9.17, 15) is 0 Å². The van der Waals surface area contributed by atoms with Crippen molar-refractivity contribution in [3.05, 3.63) is 58.3 Å². The molecule has 0 saturated carbocycles. The number of hydrogen-bond acceptors (Lipinski definition) is 3. The van der Waals surface area contributed by atoms with Gasteiger partial charge in [-0.15, -0.1) is 0 Å². The standard InChI is InChI=1S/C14H9BrClN3/c15-9-7-13-14(18-8-9)12(5-6-17-13)19-11-3-1-10(16)2-4-11/h1-8H,(H,17,19). The van der Waals surface area contributed by atoms with Crippen molar-refractivity contribution in [3.63, 3.8) is 0 Å². The summed E-state index contributed by atoms with van der Waals surface area (Å²) >= 11 is 9.27. The Balaban J connectivity index is 2.03. The molecule has 19 heavy (non-hydrogen) atoms. The average molecular weight is 335 g/mol. The number of pyridine rings is 2. The van der Waals surface area contributed by atoms with Crippen molar-refractivity contribution in [1.82, 2.24) is 9.97 Å². The molecule has 0 aliphatic rings. The van der Waals surface area contributed by atoms with Crippen LogP contribution < -0.4 is 5.32 Å². The zero-order chi connectivity index (χ0) is 13.2. The number of benzene rings is 1. The van der Waals surface area contributed by atoms with Gasteiger partial charge in [-0.05, 0) is 52.3 Å². The molecule has 0 radical (unpaired) electrons. The summed E-state index contributed by atoms with van der Waals surface area (Å²) in [5, 5.41) is 4.03. The summed E-state index contributed by atoms with van der Waals surface area (Å²) in [5.74, 6) is 0. The van der Waals surface area contributed by atoms with E-state index < -0.39 is 0 Å². The Morgan fingerprint density at radius 2 is 1.84 bits per heavy atom. The molecule has 94 valence electrons. The molecule has 0 aliphatic heterocycles. The molecular formula is C14H9BrClN3. The molecule has 0 saturated heterocycles. The quantitative estimate of drug-likeness (QED) is 0.732. The Bertz CT molecular complexity index is 728. The number of rotatable bonds is 2. The van der Waals surface area contributed by atoms with Crippen LogP contribution in [0.2, 0.25) is 5.02 Å². The van der Waals surface area contributed by atoms with Gasteiger partial charge in [-0.1, -0.05) is 11.6 Å². The molecule has 1 aromatic carbocycles. The number of nitrogens with zero attached hydrogens (tertiary/aromatic N) is 2. The molecule has 0 unspecified atom stereocenters. The third-order valence-corrected chi connectivity index (χ3v) is 3.35. The molecule has 1 N–H and O–H groups in total. The van der Waals surface area contributed by atoms with Crippen LogP contribution in [0.4, 0.5) is 11.4 Å². The predicted molar refractivity (Wildman–Crippen MR) is 82.0 cm³/mol. The number of hydrogen-bond donors (Lipinski definition) is 1. The first-order valence-electron chi connectivity index (χ1n) is 5.65. The highest BCUT2D eigenvalue weighted by Crippen LogP contribution is 2.25. The van der Waals surface area contributed by atoms with Gasteiger partial charge in [-0.3, -0.25) is 9.97 Å². The van der Waals surface area contributed by atoms with Crippen molar-refractivity contribution in [2.75, 3.05) is 5.32 Å². The van der Waals surface area contributed by atoms with Gasteiger partial charge in [0.05, 0.1) is 11.2 Å². The maximum Gasteiger partial charge on any atom is 0.112 e. The first-order valence-corrected chi connectivity index (χ1v) is 6.82. The molecule has 0 atom stereocenters. The van der Waals surface area contributed by atoms with Crippen LogP contribution in [0.25, 0.3) is 11.0 Å². The number of fused-ring (bicyclic) bond motifs is 1. The highest BCUT2D eigenvalue weighted by Gasteiger charge is 2.04. The Morgan fingerprint density at radius 3 is 2.63 bits per heavy atom. The van der Waals surface area contributed by atoms with Crippen LogP contribution in [0, 0.1) is 0 Å². The number of aromatic nitrogens is 2. The van der Waals surface area contributed by atoms with Crippen molar-refractivity contribution < 1.29 is 0 Å². The highest BCUT2D eigenvalue weighted by atomic mass is 79.9. The largest absolute Gasteiger partial charge is 0.354 e. The Labute approximate surface area is 123 Å². The minimum absolute atomic E-state index is 0.715. The molecule has 5 heteroatoms. The van der Waals surface area contributed by atoms with Crippen LogP contribution in [0.15, 0.2) is 53.3 Å². The Hall–Kier alpha value is -1.65. The maximum absolute atomic E-state index is 5.87. The second-order valence-electron chi connectivity index (χ2n) is 4.01. The van der Waals surface area contributed by atoms with Crippen molar-refractivity contribution in [2.45, 2.75) is 0 Å². The predicted octanol–water partition coefficient (Wildman–Crippen LogP) is 4.79. The number of anilines is 2. The van der Waals surface area contributed by atoms with Gasteiger partial charge < -0.3 is 5.32 Å². The van der Waals surface area contributed by atoms with E-state index in [-0.39, 0.29) is 0 Å². The summed E-state index contributed by atoms with van der Waals surface area (Å²) in [6.45, 7) is 0. The first kappa shape index (κ1) is 12.4. The van der Waals surface area contributed by atoms with Crippen molar-refractivity contribution in [2.24, 2.45) is 0 Å². The van der Waals surface area contributed by atoms with Gasteiger partial charge in [0.1, 0.15) is 5.52 Å². The fourth-order valence-electron chi connectivity index (χ4n) is 1.80. The Morgan fingerprint density at radius 1 is 1.05 bits per heavy atom. The fourth-order valence-corrected chi connectivity index (χ4v) is 2.24. The summed E-state index contributed by atoms with van der Waals surface area (Å²) in [4.78, 5) is 8.70. The molecule has 3 nitrogen and oxygen atoms in total. The van der Waals surface area contributed by atoms with Gasteiger partial charge in [-0.2, -0.15) is 0 Å². The SMILES string of the molecule is Clc1ccc(Nc2ccnc3cc(Br)cnc23)cc1. The fraction of sp³-hybridized carbons (Fsp3) is 0. The van der Waals surface area contributed by atoms with Crippen LogP contribution in [0.1, 0.15) is 0 Å². The summed E-state index contributed by atoms with van der Waals surface area (Å²) in [5.41, 5.74) is 3.55. The molecule has 0 amide bonds. The molecule has 2 aromatic heterocycles. The maximum atomic E-state index is 5.87. The molecule has 2 heterocycles. The van der Waals surface area contributed by atoms with Gasteiger partial charge in [-0.25, -0.2) is 0 Å². The minimum Gasteiger partial charge on any atom is -0.354 e. The zero-order valence-electron chi connectivity index (χ0n) is 9.77. The lowest BCUT2D eigenvalue weighted by Crippen LogP contribution is -1.94. The lowest BCUT2D eigenvalue weighted by atomic mass is 10.2. The molecular weight excluding hydrogens is 326 g/mol. The average Bonchev–Trinajstić information content (AvgIpc) is 2.41. The molecule has 0 aliphatic carbocycles. The minimum atomic E-state index is 0.715. The summed E-state index contributed by atoms with van der Waals surface area (Å²) in [6.07, 6.45) is 3.52. The van der Waals surface area contributed by atoms with Crippen LogP contribution in [0.3, 0.4) is 0 Å². The van der Waals surface area contributed by atoms with E-state index in [0.29, 0.717) is 5.02 Å². The van der Waals surface area contributed by atoms with Crippen LogP contribution >= 0.6 is 27.5 Å². The number of nitrogens with one attached hydrogen (secondary N) is 1. The van der Waals surface area contributed by atoms with Gasteiger partial charge in [0, 0.05) is 27.6 Å². The summed E-state index contributed by atoms with van der Waals surface area (Å²) < 4.78 is 0.913. The molecule has 3 aromatic rings. The molecule has 3 rings (SSSR count). The summed E-state index contributed by atoms with van der Waals surface area (Å²) in [6, 6.07) is 11.4. The zero-order valence-corrected chi connectivity index (χ0v) is 12.1. The molecule has 0 spiro atoms. The second kappa shape index (κ2) is 5.15. The van der Waals surface area contributed by atoms with E-state index >= 15 is 0 Å². The van der Waals surface area contributed by atoms with E-state index in [2.05, 4.69) is 31.2 Å². The van der Waals surface area contributed by atoms with E-state index in [1.165, 1.54) is 0 Å². The van der Waals surface area contributed by atoms with Gasteiger partial charge in [0.25, 0.3) is 0 Å². The highest BCUT2D eigenvalue weighted by molar-refractivity contribution is 9.10. The summed E-state index contributed by atoms with van der Waals surface area (Å²) in [7, 11) is 0. The Kier molecular flexibility index (Phi) is 3.36. The van der Waals surface area contributed by atoms with Crippen molar-refractivity contribution >= 4 is 49.9 Å². The van der Waals surface area contributed by atoms with Crippen LogP contribution in [-0.4, -0.2) is 9.97 Å². The van der Waals surface area contributed by atoms with E-state index in [4.69, 9.17) is 11.6 Å². The van der Waals surface area contributed by atoms with Gasteiger partial charge in [0.2, 0.25) is 0 Å². The first-order chi connectivity index (χ1) is 9.22. The van der Waals surface area contributed by atoms with E-state index in [1.807, 2.05) is 36.4 Å². The third kappa shape index (κ3) is 2.69. The topological polar surface area (TPSA) is 37.8 Å². The van der Waals surface area contributed by atoms with Crippen molar-refractivity contribution in [3.8, 4) is 0 Å². The monoisotopic (exact) mass is 333 g/mol. The van der Waals surface area contributed by atoms with E-state index in [1.54, 1.807) is 12.4 Å². The second-order valence-corrected chi connectivity index (χ2v) is 5.36. The number of halogens is 2. The van der Waals surface area contributed by atoms with Crippen molar-refractivity contribution in [1.29, 1.82) is 0 Å². The van der Waals surface area contributed by atoms with Crippen LogP contribution in [-0.2, 0) is 0 Å². The normalized spacial score (nSPS) is 10.6. The third-order valence-electron chi connectivity index (χ3n) is 2.67.